The second kappa shape index (κ2) is 14.6. The summed E-state index contributed by atoms with van der Waals surface area (Å²) < 4.78 is 36.6. The van der Waals surface area contributed by atoms with Crippen molar-refractivity contribution < 1.29 is 74.4 Å². The monoisotopic (exact) mass is 772 g/mol. The van der Waals surface area contributed by atoms with Crippen LogP contribution in [0.15, 0.2) is 0 Å². The predicted octanol–water partition coefficient (Wildman–Crippen LogP) is -0.616. The minimum Gasteiger partial charge on any atom is -0.394 e. The number of aliphatic hydroxyl groups is 9. The molecule has 4 saturated carbocycles. The highest BCUT2D eigenvalue weighted by atomic mass is 16.7. The van der Waals surface area contributed by atoms with Crippen molar-refractivity contribution in [3.8, 4) is 0 Å². The standard InChI is InChI=1S/C39H64O15/c1-16-5-8-39(49-15-16)17(2)28-25(54-39)10-20-18-9-22(42)21-11-24(23(43)12-38(21,4)19(18)6-7-37(20,28)3)50-35-33(48)31(46)34(27(14-41)52-35)53-36-32(47)30(45)29(44)26(13-40)51-36/h16-36,40-48H,5-15H2,1-4H3/t16-,17+,18-,19+,20+,21-,22-,23-,24-,25+,26-,27-,28+,29-,30+,31-,32-,33-,34+,35-,36+,37+,38-,39-/m1/s1. The van der Waals surface area contributed by atoms with Gasteiger partial charge in [0.2, 0.25) is 0 Å². The fraction of sp³-hybridized carbons (Fsp3) is 1.00. The zero-order valence-corrected chi connectivity index (χ0v) is 31.9. The zero-order valence-electron chi connectivity index (χ0n) is 31.9. The SMILES string of the molecule is C[C@@H]1CC[C@@]2(OC1)O[C@H]1C[C@H]3[C@@H]4C[C@@H](O)[C@H]5C[C@@H](O[C@@H]6O[C@H](CO)[C@H](O[C@@H]7O[C@H](CO)[C@@H](O)[C@H](O)[C@H]7O)[C@H](O)[C@H]6O)[C@H](O)C[C@]5(C)[C@H]4CC[C@]3(C)[C@H]1[C@@H]2C. The van der Waals surface area contributed by atoms with Gasteiger partial charge in [-0.2, -0.15) is 0 Å². The molecule has 4 aliphatic heterocycles. The molecule has 8 fully saturated rings. The molecule has 310 valence electrons. The zero-order chi connectivity index (χ0) is 38.6. The Morgan fingerprint density at radius 1 is 0.667 bits per heavy atom. The van der Waals surface area contributed by atoms with Crippen molar-refractivity contribution >= 4 is 0 Å². The molecule has 15 heteroatoms. The van der Waals surface area contributed by atoms with Gasteiger partial charge in [-0.1, -0.05) is 27.7 Å². The average molecular weight is 773 g/mol. The molecule has 9 N–H and O–H groups in total. The number of hydrogen-bond acceptors (Lipinski definition) is 15. The van der Waals surface area contributed by atoms with Crippen molar-refractivity contribution in [1.82, 2.24) is 0 Å². The predicted molar refractivity (Wildman–Crippen MR) is 186 cm³/mol. The van der Waals surface area contributed by atoms with Gasteiger partial charge in [0.05, 0.1) is 44.2 Å². The van der Waals surface area contributed by atoms with Gasteiger partial charge in [-0.15, -0.1) is 0 Å². The normalized spacial score (nSPS) is 60.1. The van der Waals surface area contributed by atoms with E-state index in [1.807, 2.05) is 0 Å². The van der Waals surface area contributed by atoms with Crippen LogP contribution in [0, 0.1) is 52.3 Å². The number of aliphatic hydroxyl groups excluding tert-OH is 9. The maximum absolute atomic E-state index is 11.9. The second-order valence-corrected chi connectivity index (χ2v) is 19.0. The highest BCUT2D eigenvalue weighted by Gasteiger charge is 2.70. The third-order valence-corrected chi connectivity index (χ3v) is 16.2. The molecule has 24 atom stereocenters. The van der Waals surface area contributed by atoms with Crippen molar-refractivity contribution in [3.05, 3.63) is 0 Å². The van der Waals surface area contributed by atoms with E-state index in [9.17, 15) is 46.0 Å². The van der Waals surface area contributed by atoms with Crippen LogP contribution in [-0.2, 0) is 28.4 Å². The van der Waals surface area contributed by atoms with E-state index in [4.69, 9.17) is 28.4 Å². The van der Waals surface area contributed by atoms with Crippen LogP contribution in [0.1, 0.15) is 79.1 Å². The fourth-order valence-corrected chi connectivity index (χ4v) is 13.3. The summed E-state index contributed by atoms with van der Waals surface area (Å²) >= 11 is 0. The topological polar surface area (TPSA) is 237 Å². The number of ether oxygens (including phenoxy) is 6. The first-order valence-electron chi connectivity index (χ1n) is 20.5. The minimum atomic E-state index is -1.77. The lowest BCUT2D eigenvalue weighted by atomic mass is 9.43. The molecule has 0 aromatic rings. The van der Waals surface area contributed by atoms with Gasteiger partial charge in [0.25, 0.3) is 0 Å². The maximum atomic E-state index is 11.9. The molecule has 0 radical (unpaired) electrons. The molecule has 4 aliphatic carbocycles. The van der Waals surface area contributed by atoms with Crippen LogP contribution in [0.5, 0.6) is 0 Å². The molecule has 0 aromatic carbocycles. The first kappa shape index (κ1) is 40.2. The molecule has 1 spiro atoms. The molecular formula is C39H64O15. The molecule has 54 heavy (non-hydrogen) atoms. The molecule has 8 aliphatic rings. The van der Waals surface area contributed by atoms with E-state index >= 15 is 0 Å². The van der Waals surface area contributed by atoms with E-state index in [0.29, 0.717) is 54.8 Å². The third kappa shape index (κ3) is 6.18. The van der Waals surface area contributed by atoms with E-state index in [1.54, 1.807) is 0 Å². The van der Waals surface area contributed by atoms with Crippen LogP contribution in [-0.4, -0.2) is 157 Å². The van der Waals surface area contributed by atoms with Crippen molar-refractivity contribution in [1.29, 1.82) is 0 Å². The lowest BCUT2D eigenvalue weighted by Crippen LogP contribution is -2.65. The second-order valence-electron chi connectivity index (χ2n) is 19.0. The number of hydrogen-bond donors (Lipinski definition) is 9. The van der Waals surface area contributed by atoms with E-state index in [1.165, 1.54) is 0 Å². The Bertz CT molecular complexity index is 1330. The molecule has 4 heterocycles. The summed E-state index contributed by atoms with van der Waals surface area (Å²) in [7, 11) is 0. The lowest BCUT2D eigenvalue weighted by molar-refractivity contribution is -0.367. The third-order valence-electron chi connectivity index (χ3n) is 16.2. The molecule has 0 amide bonds. The van der Waals surface area contributed by atoms with Gasteiger partial charge in [-0.05, 0) is 91.3 Å². The van der Waals surface area contributed by atoms with Gasteiger partial charge in [0, 0.05) is 12.3 Å². The number of fused-ring (bicyclic) bond motifs is 7. The summed E-state index contributed by atoms with van der Waals surface area (Å²) in [6, 6.07) is 0. The van der Waals surface area contributed by atoms with Gasteiger partial charge < -0.3 is 74.4 Å². The van der Waals surface area contributed by atoms with Gasteiger partial charge in [-0.25, -0.2) is 0 Å². The molecule has 0 aromatic heterocycles. The molecule has 0 unspecified atom stereocenters. The summed E-state index contributed by atoms with van der Waals surface area (Å²) in [5.74, 6) is 1.55. The summed E-state index contributed by atoms with van der Waals surface area (Å²) in [4.78, 5) is 0. The van der Waals surface area contributed by atoms with Gasteiger partial charge in [-0.3, -0.25) is 0 Å². The van der Waals surface area contributed by atoms with Crippen LogP contribution in [0.3, 0.4) is 0 Å². The van der Waals surface area contributed by atoms with Crippen LogP contribution in [0.25, 0.3) is 0 Å². The molecule has 0 bridgehead atoms. The van der Waals surface area contributed by atoms with Crippen LogP contribution >= 0.6 is 0 Å². The largest absolute Gasteiger partial charge is 0.394 e. The minimum absolute atomic E-state index is 0.0753. The summed E-state index contributed by atoms with van der Waals surface area (Å²) in [5, 5.41) is 96.4. The maximum Gasteiger partial charge on any atom is 0.187 e. The van der Waals surface area contributed by atoms with Gasteiger partial charge >= 0.3 is 0 Å². The van der Waals surface area contributed by atoms with Crippen LogP contribution in [0.2, 0.25) is 0 Å². The Morgan fingerprint density at radius 2 is 1.35 bits per heavy atom. The van der Waals surface area contributed by atoms with Crippen LogP contribution in [0.4, 0.5) is 0 Å². The van der Waals surface area contributed by atoms with Gasteiger partial charge in [0.15, 0.2) is 18.4 Å². The van der Waals surface area contributed by atoms with Crippen molar-refractivity contribution in [2.24, 2.45) is 52.3 Å². The lowest BCUT2D eigenvalue weighted by Gasteiger charge is -2.63. The fourth-order valence-electron chi connectivity index (χ4n) is 13.3. The van der Waals surface area contributed by atoms with Crippen LogP contribution < -0.4 is 0 Å². The summed E-state index contributed by atoms with van der Waals surface area (Å²) in [6.45, 7) is 8.57. The highest BCUT2D eigenvalue weighted by molar-refractivity contribution is 5.17. The van der Waals surface area contributed by atoms with E-state index in [0.717, 1.165) is 38.7 Å². The summed E-state index contributed by atoms with van der Waals surface area (Å²) in [6.07, 6.45) is -11.6. The Kier molecular flexibility index (Phi) is 10.9. The van der Waals surface area contributed by atoms with Crippen molar-refractivity contribution in [3.63, 3.8) is 0 Å². The highest BCUT2D eigenvalue weighted by Crippen LogP contribution is 2.71. The van der Waals surface area contributed by atoms with E-state index < -0.39 is 98.7 Å². The Labute approximate surface area is 316 Å². The average Bonchev–Trinajstić information content (AvgIpc) is 3.59. The van der Waals surface area contributed by atoms with E-state index in [-0.39, 0.29) is 22.9 Å². The number of rotatable bonds is 6. The van der Waals surface area contributed by atoms with Gasteiger partial charge in [0.1, 0.15) is 48.8 Å². The quantitative estimate of drug-likeness (QED) is 0.153. The Hall–Kier alpha value is -0.600. The summed E-state index contributed by atoms with van der Waals surface area (Å²) in [5.41, 5.74) is -0.285. The molecular weight excluding hydrogens is 708 g/mol. The Balaban J connectivity index is 0.931. The Morgan fingerprint density at radius 3 is 2.04 bits per heavy atom. The van der Waals surface area contributed by atoms with E-state index in [2.05, 4.69) is 27.7 Å². The first-order valence-corrected chi connectivity index (χ1v) is 20.5. The van der Waals surface area contributed by atoms with Crippen molar-refractivity contribution in [2.75, 3.05) is 19.8 Å². The molecule has 15 nitrogen and oxygen atoms in total. The first-order chi connectivity index (χ1) is 25.6. The smallest absolute Gasteiger partial charge is 0.187 e. The van der Waals surface area contributed by atoms with Crippen molar-refractivity contribution in [2.45, 2.75) is 171 Å². The molecule has 4 saturated heterocycles. The molecule has 8 rings (SSSR count).